The fourth-order valence-corrected chi connectivity index (χ4v) is 2.61. The molecule has 3 nitrogen and oxygen atoms in total. The molecule has 0 bridgehead atoms. The Balaban J connectivity index is 1.83. The van der Waals surface area contributed by atoms with Crippen LogP contribution in [0.5, 0.6) is 5.75 Å². The van der Waals surface area contributed by atoms with Crippen molar-refractivity contribution in [2.75, 3.05) is 6.61 Å². The number of hydrogen-bond donors (Lipinski definition) is 1. The highest BCUT2D eigenvalue weighted by molar-refractivity contribution is 5.78. The lowest BCUT2D eigenvalue weighted by Crippen LogP contribution is -2.31. The SMILES string of the molecule is CCOc1cccc(CNC(=O)C2CCCCC2)c1. The summed E-state index contributed by atoms with van der Waals surface area (Å²) in [5, 5.41) is 3.04. The van der Waals surface area contributed by atoms with Gasteiger partial charge < -0.3 is 10.1 Å². The number of rotatable bonds is 5. The molecule has 0 atom stereocenters. The van der Waals surface area contributed by atoms with Gasteiger partial charge in [-0.15, -0.1) is 0 Å². The van der Waals surface area contributed by atoms with Crippen molar-refractivity contribution in [1.82, 2.24) is 5.32 Å². The summed E-state index contributed by atoms with van der Waals surface area (Å²) in [6.45, 7) is 3.23. The molecule has 19 heavy (non-hydrogen) atoms. The van der Waals surface area contributed by atoms with Gasteiger partial charge in [-0.05, 0) is 37.5 Å². The van der Waals surface area contributed by atoms with Crippen molar-refractivity contribution in [2.45, 2.75) is 45.6 Å². The number of ether oxygens (including phenoxy) is 1. The van der Waals surface area contributed by atoms with Gasteiger partial charge in [0, 0.05) is 12.5 Å². The molecule has 0 aromatic heterocycles. The molecule has 0 saturated heterocycles. The first kappa shape index (κ1) is 13.9. The van der Waals surface area contributed by atoms with E-state index < -0.39 is 0 Å². The molecule has 1 saturated carbocycles. The summed E-state index contributed by atoms with van der Waals surface area (Å²) in [5.74, 6) is 1.30. The highest BCUT2D eigenvalue weighted by Gasteiger charge is 2.20. The normalized spacial score (nSPS) is 16.1. The van der Waals surface area contributed by atoms with E-state index in [4.69, 9.17) is 4.74 Å². The third-order valence-electron chi connectivity index (χ3n) is 3.65. The zero-order chi connectivity index (χ0) is 13.5. The van der Waals surface area contributed by atoms with E-state index in [-0.39, 0.29) is 11.8 Å². The van der Waals surface area contributed by atoms with E-state index >= 15 is 0 Å². The van der Waals surface area contributed by atoms with E-state index in [1.807, 2.05) is 31.2 Å². The molecule has 1 aliphatic carbocycles. The molecule has 0 heterocycles. The zero-order valence-electron chi connectivity index (χ0n) is 11.7. The van der Waals surface area contributed by atoms with Crippen LogP contribution < -0.4 is 10.1 Å². The molecule has 2 rings (SSSR count). The van der Waals surface area contributed by atoms with Gasteiger partial charge in [0.25, 0.3) is 0 Å². The van der Waals surface area contributed by atoms with E-state index in [0.717, 1.165) is 24.2 Å². The Labute approximate surface area is 115 Å². The second-order valence-corrected chi connectivity index (χ2v) is 5.13. The molecular formula is C16H23NO2. The maximum atomic E-state index is 12.0. The summed E-state index contributed by atoms with van der Waals surface area (Å²) in [6.07, 6.45) is 5.76. The second-order valence-electron chi connectivity index (χ2n) is 5.13. The third kappa shape index (κ3) is 4.27. The number of benzene rings is 1. The Bertz CT molecular complexity index is 411. The maximum Gasteiger partial charge on any atom is 0.223 e. The Morgan fingerprint density at radius 3 is 2.84 bits per heavy atom. The van der Waals surface area contributed by atoms with Gasteiger partial charge in [0.05, 0.1) is 6.61 Å². The number of hydrogen-bond acceptors (Lipinski definition) is 2. The average molecular weight is 261 g/mol. The largest absolute Gasteiger partial charge is 0.494 e. The van der Waals surface area contributed by atoms with Crippen molar-refractivity contribution in [3.8, 4) is 5.75 Å². The molecular weight excluding hydrogens is 238 g/mol. The minimum absolute atomic E-state index is 0.210. The van der Waals surface area contributed by atoms with Crippen LogP contribution in [-0.4, -0.2) is 12.5 Å². The van der Waals surface area contributed by atoms with Crippen LogP contribution >= 0.6 is 0 Å². The van der Waals surface area contributed by atoms with E-state index in [1.165, 1.54) is 19.3 Å². The van der Waals surface area contributed by atoms with Crippen molar-refractivity contribution >= 4 is 5.91 Å². The summed E-state index contributed by atoms with van der Waals surface area (Å²) in [6, 6.07) is 7.91. The molecule has 1 N–H and O–H groups in total. The lowest BCUT2D eigenvalue weighted by molar-refractivity contribution is -0.126. The van der Waals surface area contributed by atoms with Gasteiger partial charge in [0.15, 0.2) is 0 Å². The molecule has 0 aliphatic heterocycles. The van der Waals surface area contributed by atoms with Gasteiger partial charge in [0.2, 0.25) is 5.91 Å². The molecule has 0 radical (unpaired) electrons. The molecule has 0 unspecified atom stereocenters. The van der Waals surface area contributed by atoms with Gasteiger partial charge in [-0.2, -0.15) is 0 Å². The minimum atomic E-state index is 0.210. The van der Waals surface area contributed by atoms with Crippen molar-refractivity contribution in [2.24, 2.45) is 5.92 Å². The standard InChI is InChI=1S/C16H23NO2/c1-2-19-15-10-6-7-13(11-15)12-17-16(18)14-8-4-3-5-9-14/h6-7,10-11,14H,2-5,8-9,12H2,1H3,(H,17,18). The van der Waals surface area contributed by atoms with E-state index in [2.05, 4.69) is 5.32 Å². The summed E-state index contributed by atoms with van der Waals surface area (Å²) >= 11 is 0. The van der Waals surface area contributed by atoms with Crippen LogP contribution in [0.4, 0.5) is 0 Å². The highest BCUT2D eigenvalue weighted by atomic mass is 16.5. The Morgan fingerprint density at radius 2 is 2.11 bits per heavy atom. The van der Waals surface area contributed by atoms with Gasteiger partial charge in [-0.25, -0.2) is 0 Å². The molecule has 1 aliphatic rings. The molecule has 3 heteroatoms. The number of amides is 1. The highest BCUT2D eigenvalue weighted by Crippen LogP contribution is 2.23. The van der Waals surface area contributed by atoms with Crippen molar-refractivity contribution in [1.29, 1.82) is 0 Å². The minimum Gasteiger partial charge on any atom is -0.494 e. The fraction of sp³-hybridized carbons (Fsp3) is 0.562. The van der Waals surface area contributed by atoms with Gasteiger partial charge >= 0.3 is 0 Å². The Morgan fingerprint density at radius 1 is 1.32 bits per heavy atom. The smallest absolute Gasteiger partial charge is 0.223 e. The Hall–Kier alpha value is -1.51. The van der Waals surface area contributed by atoms with Gasteiger partial charge in [0.1, 0.15) is 5.75 Å². The predicted molar refractivity (Wildman–Crippen MR) is 76.0 cm³/mol. The monoisotopic (exact) mass is 261 g/mol. The maximum absolute atomic E-state index is 12.0. The molecule has 1 amide bonds. The van der Waals surface area contributed by atoms with Crippen molar-refractivity contribution in [3.05, 3.63) is 29.8 Å². The third-order valence-corrected chi connectivity index (χ3v) is 3.65. The van der Waals surface area contributed by atoms with E-state index in [9.17, 15) is 4.79 Å². The number of carbonyl (C=O) groups is 1. The molecule has 104 valence electrons. The number of nitrogens with one attached hydrogen (secondary N) is 1. The summed E-state index contributed by atoms with van der Waals surface area (Å²) in [5.41, 5.74) is 1.09. The first-order valence-corrected chi connectivity index (χ1v) is 7.29. The first-order valence-electron chi connectivity index (χ1n) is 7.29. The number of carbonyl (C=O) groups excluding carboxylic acids is 1. The molecule has 1 aromatic carbocycles. The quantitative estimate of drug-likeness (QED) is 0.883. The van der Waals surface area contributed by atoms with Crippen LogP contribution in [0.15, 0.2) is 24.3 Å². The van der Waals surface area contributed by atoms with E-state index in [1.54, 1.807) is 0 Å². The lowest BCUT2D eigenvalue weighted by atomic mass is 9.88. The van der Waals surface area contributed by atoms with E-state index in [0.29, 0.717) is 13.2 Å². The van der Waals surface area contributed by atoms with Gasteiger partial charge in [-0.3, -0.25) is 4.79 Å². The summed E-state index contributed by atoms with van der Waals surface area (Å²) in [7, 11) is 0. The topological polar surface area (TPSA) is 38.3 Å². The summed E-state index contributed by atoms with van der Waals surface area (Å²) in [4.78, 5) is 12.0. The molecule has 0 spiro atoms. The lowest BCUT2D eigenvalue weighted by Gasteiger charge is -2.20. The zero-order valence-corrected chi connectivity index (χ0v) is 11.7. The predicted octanol–water partition coefficient (Wildman–Crippen LogP) is 3.28. The summed E-state index contributed by atoms with van der Waals surface area (Å²) < 4.78 is 5.46. The second kappa shape index (κ2) is 7.17. The molecule has 1 fully saturated rings. The van der Waals surface area contributed by atoms with Crippen molar-refractivity contribution < 1.29 is 9.53 Å². The van der Waals surface area contributed by atoms with Crippen LogP contribution in [0, 0.1) is 5.92 Å². The Kier molecular flexibility index (Phi) is 5.25. The van der Waals surface area contributed by atoms with Crippen LogP contribution in [-0.2, 0) is 11.3 Å². The van der Waals surface area contributed by atoms with Crippen molar-refractivity contribution in [3.63, 3.8) is 0 Å². The first-order chi connectivity index (χ1) is 9.29. The van der Waals surface area contributed by atoms with Crippen LogP contribution in [0.1, 0.15) is 44.6 Å². The van der Waals surface area contributed by atoms with Crippen LogP contribution in [0.2, 0.25) is 0 Å². The average Bonchev–Trinajstić information content (AvgIpc) is 2.46. The van der Waals surface area contributed by atoms with Crippen LogP contribution in [0.25, 0.3) is 0 Å². The fourth-order valence-electron chi connectivity index (χ4n) is 2.61. The van der Waals surface area contributed by atoms with Crippen LogP contribution in [0.3, 0.4) is 0 Å². The van der Waals surface area contributed by atoms with Gasteiger partial charge in [-0.1, -0.05) is 31.4 Å². The molecule has 1 aromatic rings.